The van der Waals surface area contributed by atoms with Crippen LogP contribution in [0.1, 0.15) is 155 Å². The molecule has 0 aliphatic rings. The Morgan fingerprint density at radius 2 is 0.683 bits per heavy atom. The van der Waals surface area contributed by atoms with Crippen LogP contribution in [0.25, 0.3) is 0 Å². The van der Waals surface area contributed by atoms with Gasteiger partial charge in [-0.15, -0.1) is 0 Å². The Kier molecular flexibility index (Phi) is 45.2. The van der Waals surface area contributed by atoms with Gasteiger partial charge >= 0.3 is 11.9 Å². The molecular weight excluding hydrogens is 741 g/mol. The van der Waals surface area contributed by atoms with Gasteiger partial charge < -0.3 is 14.6 Å². The Bertz CT molecular complexity index is 1390. The summed E-state index contributed by atoms with van der Waals surface area (Å²) in [5.74, 6) is -0.708. The van der Waals surface area contributed by atoms with Crippen molar-refractivity contribution in [2.45, 2.75) is 161 Å². The van der Waals surface area contributed by atoms with Gasteiger partial charge in [0, 0.05) is 12.8 Å². The Labute approximate surface area is 367 Å². The molecule has 0 radical (unpaired) electrons. The second-order valence-electron chi connectivity index (χ2n) is 14.4. The van der Waals surface area contributed by atoms with Gasteiger partial charge in [-0.05, 0) is 116 Å². The predicted molar refractivity (Wildman–Crippen MR) is 260 cm³/mol. The fourth-order valence-corrected chi connectivity index (χ4v) is 5.43. The molecule has 332 valence electrons. The van der Waals surface area contributed by atoms with E-state index in [4.69, 9.17) is 9.47 Å². The summed E-state index contributed by atoms with van der Waals surface area (Å²) in [6.45, 7) is 3.81. The molecule has 0 spiro atoms. The summed E-state index contributed by atoms with van der Waals surface area (Å²) in [4.78, 5) is 24.4. The van der Waals surface area contributed by atoms with Crippen LogP contribution in [-0.2, 0) is 19.1 Å². The molecule has 0 saturated carbocycles. The molecule has 1 N–H and O–H groups in total. The Morgan fingerprint density at radius 1 is 0.383 bits per heavy atom. The lowest BCUT2D eigenvalue weighted by atomic mass is 10.1. The highest BCUT2D eigenvalue weighted by Gasteiger charge is 2.15. The van der Waals surface area contributed by atoms with Crippen molar-refractivity contribution in [1.82, 2.24) is 0 Å². The zero-order valence-electron chi connectivity index (χ0n) is 37.6. The Hall–Kier alpha value is -4.48. The number of allylic oxidation sites excluding steroid dienone is 26. The van der Waals surface area contributed by atoms with Crippen molar-refractivity contribution in [3.63, 3.8) is 0 Å². The zero-order valence-corrected chi connectivity index (χ0v) is 37.6. The molecule has 1 atom stereocenters. The van der Waals surface area contributed by atoms with E-state index in [9.17, 15) is 14.7 Å². The number of rotatable bonds is 39. The van der Waals surface area contributed by atoms with Crippen molar-refractivity contribution < 1.29 is 24.2 Å². The summed E-state index contributed by atoms with van der Waals surface area (Å²) in [5, 5.41) is 9.60. The van der Waals surface area contributed by atoms with Crippen molar-refractivity contribution >= 4 is 11.9 Å². The van der Waals surface area contributed by atoms with Crippen LogP contribution < -0.4 is 0 Å². The van der Waals surface area contributed by atoms with Gasteiger partial charge in [0.05, 0.1) is 6.61 Å². The van der Waals surface area contributed by atoms with Crippen LogP contribution in [0.3, 0.4) is 0 Å². The van der Waals surface area contributed by atoms with Crippen molar-refractivity contribution in [1.29, 1.82) is 0 Å². The van der Waals surface area contributed by atoms with Crippen LogP contribution >= 0.6 is 0 Å². The Morgan fingerprint density at radius 3 is 1.03 bits per heavy atom. The molecule has 0 aromatic heterocycles. The van der Waals surface area contributed by atoms with E-state index in [0.717, 1.165) is 122 Å². The van der Waals surface area contributed by atoms with Gasteiger partial charge in [0.15, 0.2) is 6.10 Å². The second-order valence-corrected chi connectivity index (χ2v) is 14.4. The highest BCUT2D eigenvalue weighted by molar-refractivity contribution is 5.70. The minimum absolute atomic E-state index is 0.115. The SMILES string of the molecule is CC/C=C\C/C=C\C/C=C\C/C=C\C/C=C\C/C=C\C/C=C\CCCC(=O)OC(CO)COC(=O)CCCCCC/C=C\C/C=C\C/C=C\C/C=C\C/C=C\C/C=C\CC. The topological polar surface area (TPSA) is 72.8 Å². The summed E-state index contributed by atoms with van der Waals surface area (Å²) in [6.07, 6.45) is 76.0. The molecule has 1 unspecified atom stereocenters. The first kappa shape index (κ1) is 55.5. The third-order valence-electron chi connectivity index (χ3n) is 8.82. The fraction of sp³-hybridized carbons (Fsp3) is 0.491. The number of unbranched alkanes of at least 4 members (excludes halogenated alkanes) is 5. The molecule has 0 aliphatic heterocycles. The number of carbonyl (C=O) groups excluding carboxylic acids is 2. The number of ether oxygens (including phenoxy) is 2. The van der Waals surface area contributed by atoms with Gasteiger partial charge in [-0.3, -0.25) is 9.59 Å². The summed E-state index contributed by atoms with van der Waals surface area (Å²) in [7, 11) is 0. The first-order chi connectivity index (χ1) is 29.6. The van der Waals surface area contributed by atoms with Crippen LogP contribution in [0.5, 0.6) is 0 Å². The lowest BCUT2D eigenvalue weighted by Crippen LogP contribution is -2.28. The summed E-state index contributed by atoms with van der Waals surface area (Å²) < 4.78 is 10.6. The third-order valence-corrected chi connectivity index (χ3v) is 8.82. The molecule has 0 heterocycles. The number of carbonyl (C=O) groups is 2. The van der Waals surface area contributed by atoms with Crippen LogP contribution in [0, 0.1) is 0 Å². The largest absolute Gasteiger partial charge is 0.462 e. The fourth-order valence-electron chi connectivity index (χ4n) is 5.43. The molecule has 0 aliphatic carbocycles. The first-order valence-corrected chi connectivity index (χ1v) is 23.0. The molecule has 0 amide bonds. The van der Waals surface area contributed by atoms with E-state index in [-0.39, 0.29) is 31.6 Å². The monoisotopic (exact) mass is 823 g/mol. The van der Waals surface area contributed by atoms with Crippen LogP contribution in [0.15, 0.2) is 158 Å². The van der Waals surface area contributed by atoms with E-state index in [0.29, 0.717) is 12.8 Å². The third kappa shape index (κ3) is 46.2. The van der Waals surface area contributed by atoms with Crippen molar-refractivity contribution in [3.05, 3.63) is 158 Å². The maximum Gasteiger partial charge on any atom is 0.306 e. The first-order valence-electron chi connectivity index (χ1n) is 23.0. The molecule has 0 saturated heterocycles. The highest BCUT2D eigenvalue weighted by atomic mass is 16.6. The quantitative estimate of drug-likeness (QED) is 0.0380. The molecule has 5 heteroatoms. The summed E-state index contributed by atoms with van der Waals surface area (Å²) in [6, 6.07) is 0. The molecular formula is C55H82O5. The number of hydrogen-bond donors (Lipinski definition) is 1. The smallest absolute Gasteiger partial charge is 0.306 e. The van der Waals surface area contributed by atoms with E-state index in [1.54, 1.807) is 0 Å². The maximum absolute atomic E-state index is 12.2. The van der Waals surface area contributed by atoms with Gasteiger partial charge in [-0.2, -0.15) is 0 Å². The average Bonchev–Trinajstić information content (AvgIpc) is 3.25. The number of hydrogen-bond acceptors (Lipinski definition) is 5. The van der Waals surface area contributed by atoms with Crippen LogP contribution in [0.4, 0.5) is 0 Å². The summed E-state index contributed by atoms with van der Waals surface area (Å²) >= 11 is 0. The van der Waals surface area contributed by atoms with Crippen molar-refractivity contribution in [3.8, 4) is 0 Å². The number of aliphatic hydroxyl groups is 1. The van der Waals surface area contributed by atoms with Gasteiger partial charge in [0.2, 0.25) is 0 Å². The van der Waals surface area contributed by atoms with Crippen molar-refractivity contribution in [2.24, 2.45) is 0 Å². The minimum atomic E-state index is -0.827. The number of aliphatic hydroxyl groups excluding tert-OH is 1. The zero-order chi connectivity index (χ0) is 43.5. The Balaban J connectivity index is 3.77. The summed E-state index contributed by atoms with van der Waals surface area (Å²) in [5.41, 5.74) is 0. The minimum Gasteiger partial charge on any atom is -0.462 e. The molecule has 60 heavy (non-hydrogen) atoms. The molecule has 0 aromatic carbocycles. The molecule has 5 nitrogen and oxygen atoms in total. The second kappa shape index (κ2) is 48.9. The van der Waals surface area contributed by atoms with Crippen LogP contribution in [-0.4, -0.2) is 36.4 Å². The molecule has 0 rings (SSSR count). The maximum atomic E-state index is 12.2. The van der Waals surface area contributed by atoms with Crippen molar-refractivity contribution in [2.75, 3.05) is 13.2 Å². The van der Waals surface area contributed by atoms with Gasteiger partial charge in [0.1, 0.15) is 6.61 Å². The van der Waals surface area contributed by atoms with E-state index in [1.807, 2.05) is 0 Å². The lowest BCUT2D eigenvalue weighted by Gasteiger charge is -2.15. The highest BCUT2D eigenvalue weighted by Crippen LogP contribution is 2.09. The normalized spacial score (nSPS) is 13.7. The lowest BCUT2D eigenvalue weighted by molar-refractivity contribution is -0.161. The number of esters is 2. The van der Waals surface area contributed by atoms with E-state index in [2.05, 4.69) is 172 Å². The standard InChI is InChI=1S/C55H82O5/c1-3-5-7-9-11-13-15-17-19-21-23-25-27-29-31-33-35-37-39-41-43-45-47-49-54(57)59-52-53(51-56)60-55(58)50-48-46-44-42-40-38-36-34-32-30-28-26-24-22-20-18-16-14-12-10-8-6-4-2/h5-8,11-14,17-20,23-26,29-32,35-38,42,44,53,56H,3-4,9-10,15-16,21-22,27-28,33-34,39-41,43,45-52H2,1-2H3/b7-5-,8-6-,13-11-,14-12-,19-17-,20-18-,25-23-,26-24-,31-29-,32-30-,37-35-,38-36-,44-42-. The molecule has 0 aromatic rings. The molecule has 0 bridgehead atoms. The average molecular weight is 823 g/mol. The van der Waals surface area contributed by atoms with Gasteiger partial charge in [-0.25, -0.2) is 0 Å². The predicted octanol–water partition coefficient (Wildman–Crippen LogP) is 15.3. The van der Waals surface area contributed by atoms with Gasteiger partial charge in [-0.1, -0.05) is 185 Å². The van der Waals surface area contributed by atoms with Gasteiger partial charge in [0.25, 0.3) is 0 Å². The van der Waals surface area contributed by atoms with E-state index in [1.165, 1.54) is 0 Å². The van der Waals surface area contributed by atoms with E-state index < -0.39 is 6.10 Å². The van der Waals surface area contributed by atoms with E-state index >= 15 is 0 Å². The molecule has 0 fully saturated rings. The van der Waals surface area contributed by atoms with Crippen LogP contribution in [0.2, 0.25) is 0 Å².